The number of hydrogen-bond acceptors (Lipinski definition) is 5. The van der Waals surface area contributed by atoms with Crippen molar-refractivity contribution in [1.29, 1.82) is 0 Å². The van der Waals surface area contributed by atoms with Crippen LogP contribution in [0.5, 0.6) is 0 Å². The summed E-state index contributed by atoms with van der Waals surface area (Å²) in [4.78, 5) is 23.0. The first-order valence-electron chi connectivity index (χ1n) is 5.83. The zero-order chi connectivity index (χ0) is 13.1. The number of nitrogens with one attached hydrogen (secondary N) is 2. The first-order chi connectivity index (χ1) is 8.59. The molecule has 18 heavy (non-hydrogen) atoms. The van der Waals surface area contributed by atoms with Gasteiger partial charge in [0.2, 0.25) is 5.91 Å². The fraction of sp³-hybridized carbons (Fsp3) is 0.545. The Hall–Kier alpha value is -1.47. The molecule has 1 fully saturated rings. The molecule has 0 spiro atoms. The van der Waals surface area contributed by atoms with Crippen LogP contribution in [0.1, 0.15) is 35.3 Å². The number of carboxylic acids is 1. The second-order valence-electron chi connectivity index (χ2n) is 4.27. The molecule has 0 saturated carbocycles. The van der Waals surface area contributed by atoms with Crippen LogP contribution in [0.2, 0.25) is 0 Å². The zero-order valence-electron chi connectivity index (χ0n) is 10.0. The van der Waals surface area contributed by atoms with E-state index in [1.54, 1.807) is 6.92 Å². The van der Waals surface area contributed by atoms with Gasteiger partial charge >= 0.3 is 5.97 Å². The van der Waals surface area contributed by atoms with Crippen molar-refractivity contribution < 1.29 is 14.7 Å². The SMILES string of the molecule is Cc1nsc(NC(=O)[C@H]2CCCCN2)c1C(=O)O. The van der Waals surface area contributed by atoms with E-state index in [9.17, 15) is 9.59 Å². The van der Waals surface area contributed by atoms with Gasteiger partial charge in [0.25, 0.3) is 0 Å². The van der Waals surface area contributed by atoms with E-state index in [-0.39, 0.29) is 17.5 Å². The predicted octanol–water partition coefficient (Wildman–Crippen LogP) is 1.23. The van der Waals surface area contributed by atoms with Crippen LogP contribution >= 0.6 is 11.5 Å². The number of nitrogens with zero attached hydrogens (tertiary/aromatic N) is 1. The fourth-order valence-corrected chi connectivity index (χ4v) is 2.77. The molecule has 1 aromatic heterocycles. The third kappa shape index (κ3) is 2.68. The Morgan fingerprint density at radius 3 is 2.89 bits per heavy atom. The van der Waals surface area contributed by atoms with Crippen molar-refractivity contribution >= 4 is 28.4 Å². The van der Waals surface area contributed by atoms with Crippen LogP contribution in [-0.2, 0) is 4.79 Å². The number of aryl methyl sites for hydroxylation is 1. The highest BCUT2D eigenvalue weighted by molar-refractivity contribution is 7.11. The number of carboxylic acid groups (broad SMARTS) is 1. The number of carbonyl (C=O) groups is 2. The molecule has 1 aromatic rings. The number of rotatable bonds is 3. The van der Waals surface area contributed by atoms with Gasteiger partial charge < -0.3 is 15.7 Å². The second-order valence-corrected chi connectivity index (χ2v) is 5.04. The Bertz CT molecular complexity index is 466. The van der Waals surface area contributed by atoms with E-state index in [1.807, 2.05) is 0 Å². The normalized spacial score (nSPS) is 19.5. The molecule has 98 valence electrons. The van der Waals surface area contributed by atoms with Gasteiger partial charge in [-0.25, -0.2) is 4.79 Å². The summed E-state index contributed by atoms with van der Waals surface area (Å²) in [5.41, 5.74) is 0.517. The second kappa shape index (κ2) is 5.45. The van der Waals surface area contributed by atoms with E-state index in [1.165, 1.54) is 0 Å². The Morgan fingerprint density at radius 1 is 1.50 bits per heavy atom. The van der Waals surface area contributed by atoms with Crippen molar-refractivity contribution in [1.82, 2.24) is 9.69 Å². The van der Waals surface area contributed by atoms with E-state index < -0.39 is 5.97 Å². The molecule has 1 saturated heterocycles. The summed E-state index contributed by atoms with van der Waals surface area (Å²) >= 11 is 1.01. The monoisotopic (exact) mass is 269 g/mol. The van der Waals surface area contributed by atoms with Crippen LogP contribution in [0.25, 0.3) is 0 Å². The minimum Gasteiger partial charge on any atom is -0.478 e. The predicted molar refractivity (Wildman–Crippen MR) is 68.1 cm³/mol. The fourth-order valence-electron chi connectivity index (χ4n) is 1.98. The lowest BCUT2D eigenvalue weighted by Gasteiger charge is -2.22. The van der Waals surface area contributed by atoms with Gasteiger partial charge in [-0.1, -0.05) is 6.42 Å². The van der Waals surface area contributed by atoms with Gasteiger partial charge in [0.15, 0.2) is 0 Å². The lowest BCUT2D eigenvalue weighted by molar-refractivity contribution is -0.118. The van der Waals surface area contributed by atoms with Crippen molar-refractivity contribution in [3.05, 3.63) is 11.3 Å². The smallest absolute Gasteiger partial charge is 0.340 e. The zero-order valence-corrected chi connectivity index (χ0v) is 10.8. The van der Waals surface area contributed by atoms with E-state index in [4.69, 9.17) is 5.11 Å². The molecule has 0 bridgehead atoms. The minimum atomic E-state index is -1.06. The van der Waals surface area contributed by atoms with Crippen LogP contribution in [0, 0.1) is 6.92 Å². The third-order valence-electron chi connectivity index (χ3n) is 2.94. The minimum absolute atomic E-state index is 0.0872. The Kier molecular flexibility index (Phi) is 3.93. The Balaban J connectivity index is 2.09. The number of aromatic carboxylic acids is 1. The summed E-state index contributed by atoms with van der Waals surface area (Å²) in [6.45, 7) is 2.44. The van der Waals surface area contributed by atoms with Gasteiger partial charge in [0, 0.05) is 0 Å². The molecule has 7 heteroatoms. The highest BCUT2D eigenvalue weighted by Gasteiger charge is 2.24. The highest BCUT2D eigenvalue weighted by atomic mass is 32.1. The molecule has 0 radical (unpaired) electrons. The summed E-state index contributed by atoms with van der Waals surface area (Å²) in [6.07, 6.45) is 2.87. The van der Waals surface area contributed by atoms with Crippen LogP contribution in [0.15, 0.2) is 0 Å². The average molecular weight is 269 g/mol. The first-order valence-corrected chi connectivity index (χ1v) is 6.60. The van der Waals surface area contributed by atoms with Crippen LogP contribution in [0.3, 0.4) is 0 Å². The molecule has 0 aliphatic carbocycles. The standard InChI is InChI=1S/C11H15N3O3S/c1-6-8(11(16)17)10(18-14-6)13-9(15)7-4-2-3-5-12-7/h7,12H,2-5H2,1H3,(H,13,15)(H,16,17)/t7-/m1/s1. The van der Waals surface area contributed by atoms with Gasteiger partial charge in [0.1, 0.15) is 10.6 Å². The van der Waals surface area contributed by atoms with Gasteiger partial charge in [-0.05, 0) is 37.8 Å². The molecule has 1 aliphatic heterocycles. The average Bonchev–Trinajstić information content (AvgIpc) is 2.71. The lowest BCUT2D eigenvalue weighted by atomic mass is 10.0. The Labute approximate surface area is 109 Å². The highest BCUT2D eigenvalue weighted by Crippen LogP contribution is 2.24. The van der Waals surface area contributed by atoms with Gasteiger partial charge in [-0.15, -0.1) is 0 Å². The van der Waals surface area contributed by atoms with Crippen molar-refractivity contribution in [2.75, 3.05) is 11.9 Å². The molecule has 0 aromatic carbocycles. The number of amides is 1. The maximum Gasteiger partial charge on any atom is 0.340 e. The molecule has 3 N–H and O–H groups in total. The van der Waals surface area contributed by atoms with Crippen LogP contribution in [0.4, 0.5) is 5.00 Å². The van der Waals surface area contributed by atoms with Crippen LogP contribution < -0.4 is 10.6 Å². The number of piperidine rings is 1. The molecule has 2 heterocycles. The summed E-state index contributed by atoms with van der Waals surface area (Å²) in [5.74, 6) is -1.24. The van der Waals surface area contributed by atoms with Gasteiger partial charge in [-0.2, -0.15) is 4.37 Å². The summed E-state index contributed by atoms with van der Waals surface area (Å²) in [5, 5.41) is 15.2. The molecule has 1 atom stereocenters. The Morgan fingerprint density at radius 2 is 2.28 bits per heavy atom. The third-order valence-corrected chi connectivity index (χ3v) is 3.79. The quantitative estimate of drug-likeness (QED) is 0.767. The van der Waals surface area contributed by atoms with Crippen molar-refractivity contribution in [3.63, 3.8) is 0 Å². The first kappa shape index (κ1) is 13.0. The maximum atomic E-state index is 12.0. The van der Waals surface area contributed by atoms with Crippen molar-refractivity contribution in [3.8, 4) is 0 Å². The molecule has 1 amide bonds. The molecular weight excluding hydrogens is 254 g/mol. The van der Waals surface area contributed by atoms with E-state index in [0.717, 1.165) is 37.3 Å². The van der Waals surface area contributed by atoms with Crippen molar-refractivity contribution in [2.24, 2.45) is 0 Å². The van der Waals surface area contributed by atoms with Gasteiger partial charge in [0.05, 0.1) is 11.7 Å². The van der Waals surface area contributed by atoms with Crippen molar-refractivity contribution in [2.45, 2.75) is 32.2 Å². The molecular formula is C11H15N3O3S. The number of aromatic nitrogens is 1. The lowest BCUT2D eigenvalue weighted by Crippen LogP contribution is -2.43. The molecule has 2 rings (SSSR count). The summed E-state index contributed by atoms with van der Waals surface area (Å²) in [7, 11) is 0. The summed E-state index contributed by atoms with van der Waals surface area (Å²) in [6, 6.07) is -0.234. The number of carbonyl (C=O) groups excluding carboxylic acids is 1. The molecule has 1 aliphatic rings. The van der Waals surface area contributed by atoms with Crippen LogP contribution in [-0.4, -0.2) is 33.9 Å². The number of hydrogen-bond donors (Lipinski definition) is 3. The van der Waals surface area contributed by atoms with Gasteiger partial charge in [-0.3, -0.25) is 4.79 Å². The maximum absolute atomic E-state index is 12.0. The van der Waals surface area contributed by atoms with E-state index in [0.29, 0.717) is 10.7 Å². The topological polar surface area (TPSA) is 91.3 Å². The largest absolute Gasteiger partial charge is 0.478 e. The molecule has 0 unspecified atom stereocenters. The summed E-state index contributed by atoms with van der Waals surface area (Å²) < 4.78 is 3.96. The molecule has 6 nitrogen and oxygen atoms in total. The number of anilines is 1. The van der Waals surface area contributed by atoms with E-state index >= 15 is 0 Å². The van der Waals surface area contributed by atoms with E-state index in [2.05, 4.69) is 15.0 Å².